The summed E-state index contributed by atoms with van der Waals surface area (Å²) in [5, 5.41) is 9.85. The molecule has 6 nitrogen and oxygen atoms in total. The molecule has 3 heterocycles. The van der Waals surface area contributed by atoms with E-state index in [9.17, 15) is 0 Å². The third-order valence-electron chi connectivity index (χ3n) is 4.57. The minimum atomic E-state index is 0.699. The van der Waals surface area contributed by atoms with Crippen molar-refractivity contribution in [2.45, 2.75) is 21.0 Å². The first-order chi connectivity index (χ1) is 14.8. The van der Waals surface area contributed by atoms with Crippen LogP contribution in [0.3, 0.4) is 0 Å². The van der Waals surface area contributed by atoms with E-state index in [0.29, 0.717) is 5.75 Å². The van der Waals surface area contributed by atoms with Crippen molar-refractivity contribution in [2.24, 2.45) is 7.05 Å². The zero-order valence-electron chi connectivity index (χ0n) is 16.2. The highest BCUT2D eigenvalue weighted by Gasteiger charge is 2.16. The normalized spacial score (nSPS) is 11.4. The van der Waals surface area contributed by atoms with Crippen molar-refractivity contribution in [2.75, 3.05) is 0 Å². The molecule has 0 atom stereocenters. The second-order valence-electron chi connectivity index (χ2n) is 6.55. The highest BCUT2D eigenvalue weighted by Crippen LogP contribution is 2.32. The van der Waals surface area contributed by atoms with Crippen LogP contribution < -0.4 is 0 Å². The Kier molecular flexibility index (Phi) is 5.56. The van der Waals surface area contributed by atoms with Crippen LogP contribution in [0.25, 0.3) is 15.9 Å². The summed E-state index contributed by atoms with van der Waals surface area (Å²) in [4.78, 5) is 9.14. The van der Waals surface area contributed by atoms with Gasteiger partial charge in [-0.05, 0) is 24.3 Å². The summed E-state index contributed by atoms with van der Waals surface area (Å²) in [7, 11) is 2.00. The number of para-hydroxylation sites is 2. The van der Waals surface area contributed by atoms with Gasteiger partial charge in [0.15, 0.2) is 9.50 Å². The smallest absolute Gasteiger partial charge is 0.196 e. The van der Waals surface area contributed by atoms with Crippen molar-refractivity contribution in [1.29, 1.82) is 0 Å². The molecule has 0 saturated carbocycles. The second kappa shape index (κ2) is 8.63. The molecule has 0 aliphatic rings. The molecule has 5 aromatic rings. The van der Waals surface area contributed by atoms with Crippen LogP contribution >= 0.6 is 34.9 Å². The maximum atomic E-state index is 4.72. The predicted molar refractivity (Wildman–Crippen MR) is 123 cm³/mol. The van der Waals surface area contributed by atoms with Crippen molar-refractivity contribution in [3.63, 3.8) is 0 Å². The van der Waals surface area contributed by atoms with E-state index < -0.39 is 0 Å². The van der Waals surface area contributed by atoms with E-state index in [0.717, 1.165) is 38.1 Å². The topological polar surface area (TPSA) is 61.4 Å². The Bertz CT molecular complexity index is 1240. The number of rotatable bonds is 7. The number of fused-ring (bicyclic) bond motifs is 1. The molecular weight excluding hydrogens is 432 g/mol. The zero-order chi connectivity index (χ0) is 20.3. The van der Waals surface area contributed by atoms with E-state index in [2.05, 4.69) is 44.0 Å². The van der Waals surface area contributed by atoms with Crippen LogP contribution in [0.1, 0.15) is 11.6 Å². The molecule has 9 heteroatoms. The molecule has 0 aliphatic carbocycles. The van der Waals surface area contributed by atoms with Crippen LogP contribution in [0.15, 0.2) is 76.5 Å². The van der Waals surface area contributed by atoms with E-state index in [1.165, 1.54) is 4.70 Å². The quantitative estimate of drug-likeness (QED) is 0.318. The summed E-state index contributed by atoms with van der Waals surface area (Å²) in [6.45, 7) is 0. The van der Waals surface area contributed by atoms with Crippen molar-refractivity contribution >= 4 is 45.1 Å². The molecule has 5 rings (SSSR count). The number of aromatic nitrogens is 6. The van der Waals surface area contributed by atoms with E-state index in [1.54, 1.807) is 34.9 Å². The third kappa shape index (κ3) is 4.00. The number of aryl methyl sites for hydroxylation is 1. The van der Waals surface area contributed by atoms with Gasteiger partial charge in [0.1, 0.15) is 11.6 Å². The Morgan fingerprint density at radius 2 is 1.70 bits per heavy atom. The van der Waals surface area contributed by atoms with E-state index in [-0.39, 0.29) is 0 Å². The van der Waals surface area contributed by atoms with Crippen LogP contribution in [0.5, 0.6) is 0 Å². The average molecular weight is 451 g/mol. The van der Waals surface area contributed by atoms with Gasteiger partial charge in [0.05, 0.1) is 21.7 Å². The van der Waals surface area contributed by atoms with Crippen molar-refractivity contribution in [1.82, 2.24) is 29.3 Å². The van der Waals surface area contributed by atoms with Gasteiger partial charge < -0.3 is 4.57 Å². The molecule has 0 aliphatic heterocycles. The minimum Gasteiger partial charge on any atom is -0.337 e. The molecule has 0 amide bonds. The fourth-order valence-corrected chi connectivity index (χ4v) is 5.98. The lowest BCUT2D eigenvalue weighted by molar-refractivity contribution is 0.837. The predicted octanol–water partition coefficient (Wildman–Crippen LogP) is 5.20. The van der Waals surface area contributed by atoms with Gasteiger partial charge in [0, 0.05) is 25.1 Å². The first-order valence-electron chi connectivity index (χ1n) is 9.35. The molecule has 3 aromatic heterocycles. The van der Waals surface area contributed by atoms with Gasteiger partial charge in [-0.1, -0.05) is 53.9 Å². The van der Waals surface area contributed by atoms with Gasteiger partial charge >= 0.3 is 0 Å². The molecule has 0 N–H and O–H groups in total. The van der Waals surface area contributed by atoms with Gasteiger partial charge in [0.25, 0.3) is 0 Å². The molecule has 0 fully saturated rings. The van der Waals surface area contributed by atoms with E-state index in [1.807, 2.05) is 54.3 Å². The lowest BCUT2D eigenvalue weighted by Gasteiger charge is -2.09. The van der Waals surface area contributed by atoms with E-state index >= 15 is 0 Å². The van der Waals surface area contributed by atoms with Gasteiger partial charge in [-0.2, -0.15) is 0 Å². The summed E-state index contributed by atoms with van der Waals surface area (Å²) in [6.07, 6.45) is 3.77. The molecule has 0 unspecified atom stereocenters. The monoisotopic (exact) mass is 450 g/mol. The minimum absolute atomic E-state index is 0.699. The highest BCUT2D eigenvalue weighted by atomic mass is 32.2. The van der Waals surface area contributed by atoms with Crippen LogP contribution in [0, 0.1) is 0 Å². The van der Waals surface area contributed by atoms with Crippen LogP contribution in [-0.4, -0.2) is 29.3 Å². The van der Waals surface area contributed by atoms with Crippen LogP contribution in [0.2, 0.25) is 0 Å². The Morgan fingerprint density at radius 1 is 0.900 bits per heavy atom. The van der Waals surface area contributed by atoms with Crippen LogP contribution in [0.4, 0.5) is 0 Å². The van der Waals surface area contributed by atoms with Gasteiger partial charge in [-0.15, -0.1) is 21.5 Å². The summed E-state index contributed by atoms with van der Waals surface area (Å²) in [5.41, 5.74) is 2.10. The Labute approximate surface area is 186 Å². The lowest BCUT2D eigenvalue weighted by atomic mass is 10.3. The van der Waals surface area contributed by atoms with Crippen molar-refractivity contribution in [3.05, 3.63) is 78.6 Å². The molecule has 0 bridgehead atoms. The zero-order valence-corrected chi connectivity index (χ0v) is 18.6. The number of imidazole rings is 1. The van der Waals surface area contributed by atoms with Crippen LogP contribution in [-0.2, 0) is 18.6 Å². The maximum Gasteiger partial charge on any atom is 0.196 e. The molecule has 2 aromatic carbocycles. The molecule has 0 saturated heterocycles. The maximum absolute atomic E-state index is 4.72. The number of thioether (sulfide) groups is 2. The Balaban J connectivity index is 1.41. The average Bonchev–Trinajstić information content (AvgIpc) is 3.49. The molecule has 150 valence electrons. The second-order valence-corrected chi connectivity index (χ2v) is 9.74. The first-order valence-corrected chi connectivity index (χ1v) is 12.1. The molecule has 0 radical (unpaired) electrons. The summed E-state index contributed by atoms with van der Waals surface area (Å²) in [6, 6.07) is 18.5. The molecular formula is C21H18N6S3. The molecule has 30 heavy (non-hydrogen) atoms. The summed E-state index contributed by atoms with van der Waals surface area (Å²) < 4.78 is 6.41. The number of nitrogens with zero attached hydrogens (tertiary/aromatic N) is 6. The fourth-order valence-electron chi connectivity index (χ4n) is 3.03. The lowest BCUT2D eigenvalue weighted by Crippen LogP contribution is -2.02. The Morgan fingerprint density at radius 3 is 2.50 bits per heavy atom. The standard InChI is InChI=1S/C21H18N6S3/c1-26-12-11-22-18(26)13-28-20-25-24-19(27(20)15-7-3-2-4-8-15)14-29-21-23-16-9-5-6-10-17(16)30-21/h2-12H,13-14H2,1H3. The van der Waals surface area contributed by atoms with Crippen molar-refractivity contribution in [3.8, 4) is 5.69 Å². The summed E-state index contributed by atoms with van der Waals surface area (Å²) in [5.74, 6) is 3.35. The Hall–Kier alpha value is -2.62. The van der Waals surface area contributed by atoms with Gasteiger partial charge in [0.2, 0.25) is 0 Å². The fraction of sp³-hybridized carbons (Fsp3) is 0.143. The van der Waals surface area contributed by atoms with Gasteiger partial charge in [-0.3, -0.25) is 4.57 Å². The number of thiazole rings is 1. The summed E-state index contributed by atoms with van der Waals surface area (Å²) >= 11 is 5.06. The van der Waals surface area contributed by atoms with E-state index in [4.69, 9.17) is 4.98 Å². The largest absolute Gasteiger partial charge is 0.337 e. The number of benzene rings is 2. The first kappa shape index (κ1) is 19.3. The number of hydrogen-bond acceptors (Lipinski definition) is 7. The van der Waals surface area contributed by atoms with Crippen molar-refractivity contribution < 1.29 is 0 Å². The number of hydrogen-bond donors (Lipinski definition) is 0. The molecule has 0 spiro atoms. The van der Waals surface area contributed by atoms with Gasteiger partial charge in [-0.25, -0.2) is 9.97 Å². The SMILES string of the molecule is Cn1ccnc1CSc1nnc(CSc2nc3ccccc3s2)n1-c1ccccc1. The third-order valence-corrected chi connectivity index (χ3v) is 7.67. The highest BCUT2D eigenvalue weighted by molar-refractivity contribution is 8.00.